The van der Waals surface area contributed by atoms with Crippen molar-refractivity contribution in [2.45, 2.75) is 0 Å². The van der Waals surface area contributed by atoms with Gasteiger partial charge < -0.3 is 9.55 Å². The number of para-hydroxylation sites is 2. The van der Waals surface area contributed by atoms with Crippen LogP contribution in [0.4, 0.5) is 11.6 Å². The molecule has 2 heterocycles. The van der Waals surface area contributed by atoms with Gasteiger partial charge in [0.1, 0.15) is 5.69 Å². The molecule has 2 N–H and O–H groups in total. The second-order valence-electron chi connectivity index (χ2n) is 5.49. The number of anilines is 1. The number of carbonyl (C=O) groups excluding carboxylic acids is 1. The largest absolute Gasteiger partial charge is 0.324 e. The van der Waals surface area contributed by atoms with Gasteiger partial charge in [0.15, 0.2) is 0 Å². The average molecular weight is 348 g/mol. The molecule has 0 aliphatic rings. The molecule has 2 aromatic carbocycles. The van der Waals surface area contributed by atoms with Gasteiger partial charge in [-0.15, -0.1) is 0 Å². The molecule has 0 spiro atoms. The van der Waals surface area contributed by atoms with E-state index in [1.165, 1.54) is 35.3 Å². The Hall–Kier alpha value is -4.01. The third-order valence-electron chi connectivity index (χ3n) is 3.84. The fourth-order valence-electron chi connectivity index (χ4n) is 2.62. The maximum Gasteiger partial charge on any atom is 0.294 e. The van der Waals surface area contributed by atoms with Crippen molar-refractivity contribution in [1.82, 2.24) is 19.5 Å². The molecule has 1 amide bonds. The summed E-state index contributed by atoms with van der Waals surface area (Å²) in [6.45, 7) is 0. The summed E-state index contributed by atoms with van der Waals surface area (Å²) >= 11 is 0. The maximum absolute atomic E-state index is 12.5. The summed E-state index contributed by atoms with van der Waals surface area (Å²) in [7, 11) is 0. The van der Waals surface area contributed by atoms with E-state index in [1.807, 2.05) is 24.3 Å². The van der Waals surface area contributed by atoms with Crippen molar-refractivity contribution in [3.05, 3.63) is 76.9 Å². The summed E-state index contributed by atoms with van der Waals surface area (Å²) in [6, 6.07) is 11.6. The number of nitro groups is 1. The normalized spacial score (nSPS) is 10.8. The second-order valence-corrected chi connectivity index (χ2v) is 5.49. The predicted molar refractivity (Wildman–Crippen MR) is 94.3 cm³/mol. The van der Waals surface area contributed by atoms with Crippen LogP contribution in [0.3, 0.4) is 0 Å². The number of H-pyrrole nitrogens is 1. The van der Waals surface area contributed by atoms with Gasteiger partial charge in [-0.05, 0) is 24.3 Å². The van der Waals surface area contributed by atoms with Gasteiger partial charge in [0.25, 0.3) is 11.6 Å². The monoisotopic (exact) mass is 348 g/mol. The highest BCUT2D eigenvalue weighted by molar-refractivity contribution is 6.04. The van der Waals surface area contributed by atoms with Crippen LogP contribution in [-0.4, -0.2) is 30.3 Å². The topological polar surface area (TPSA) is 119 Å². The van der Waals surface area contributed by atoms with Crippen LogP contribution in [0.1, 0.15) is 10.4 Å². The lowest BCUT2D eigenvalue weighted by molar-refractivity contribution is -0.384. The summed E-state index contributed by atoms with van der Waals surface area (Å²) in [5.74, 6) is -0.220. The molecule has 0 saturated heterocycles. The van der Waals surface area contributed by atoms with E-state index in [9.17, 15) is 14.9 Å². The third-order valence-corrected chi connectivity index (χ3v) is 3.84. The Morgan fingerprint density at radius 3 is 2.81 bits per heavy atom. The molecular weight excluding hydrogens is 336 g/mol. The Kier molecular flexibility index (Phi) is 3.66. The van der Waals surface area contributed by atoms with Crippen molar-refractivity contribution in [2.75, 3.05) is 5.32 Å². The summed E-state index contributed by atoms with van der Waals surface area (Å²) < 4.78 is 1.51. The van der Waals surface area contributed by atoms with Gasteiger partial charge in [0.05, 0.1) is 22.3 Å². The van der Waals surface area contributed by atoms with Crippen molar-refractivity contribution in [2.24, 2.45) is 0 Å². The van der Waals surface area contributed by atoms with Gasteiger partial charge in [0, 0.05) is 24.0 Å². The SMILES string of the molecule is O=C(Nc1nc2ccccc2[nH]1)c1ccc(-n2ccnc2)c([N+](=O)[O-])c1. The van der Waals surface area contributed by atoms with Crippen LogP contribution in [0.5, 0.6) is 0 Å². The minimum atomic E-state index is -0.534. The summed E-state index contributed by atoms with van der Waals surface area (Å²) in [5.41, 5.74) is 1.78. The number of hydrogen-bond acceptors (Lipinski definition) is 5. The number of imidazole rings is 2. The van der Waals surface area contributed by atoms with Gasteiger partial charge >= 0.3 is 0 Å². The van der Waals surface area contributed by atoms with Crippen LogP contribution in [0, 0.1) is 10.1 Å². The minimum absolute atomic E-state index is 0.154. The van der Waals surface area contributed by atoms with Crippen molar-refractivity contribution >= 4 is 28.6 Å². The van der Waals surface area contributed by atoms with Gasteiger partial charge in [-0.25, -0.2) is 9.97 Å². The first-order valence-corrected chi connectivity index (χ1v) is 7.65. The number of amides is 1. The Bertz CT molecular complexity index is 1080. The zero-order chi connectivity index (χ0) is 18.1. The molecule has 0 bridgehead atoms. The van der Waals surface area contributed by atoms with E-state index in [0.29, 0.717) is 11.2 Å². The van der Waals surface area contributed by atoms with Gasteiger partial charge in [0.2, 0.25) is 5.95 Å². The van der Waals surface area contributed by atoms with Crippen LogP contribution < -0.4 is 5.32 Å². The molecule has 4 rings (SSSR count). The van der Waals surface area contributed by atoms with Crippen LogP contribution in [-0.2, 0) is 0 Å². The average Bonchev–Trinajstić information content (AvgIpc) is 3.30. The number of carbonyl (C=O) groups is 1. The number of benzene rings is 2. The van der Waals surface area contributed by atoms with E-state index >= 15 is 0 Å². The fourth-order valence-corrected chi connectivity index (χ4v) is 2.62. The molecule has 128 valence electrons. The van der Waals surface area contributed by atoms with Gasteiger partial charge in [-0.2, -0.15) is 0 Å². The molecule has 26 heavy (non-hydrogen) atoms. The number of rotatable bonds is 4. The first kappa shape index (κ1) is 15.5. The Labute approximate surface area is 146 Å². The number of nitrogens with one attached hydrogen (secondary N) is 2. The number of hydrogen-bond donors (Lipinski definition) is 2. The second kappa shape index (κ2) is 6.13. The van der Waals surface area contributed by atoms with E-state index in [4.69, 9.17) is 0 Å². The number of fused-ring (bicyclic) bond motifs is 1. The van der Waals surface area contributed by atoms with Crippen molar-refractivity contribution < 1.29 is 9.72 Å². The predicted octanol–water partition coefficient (Wildman–Crippen LogP) is 2.91. The maximum atomic E-state index is 12.5. The Morgan fingerprint density at radius 1 is 1.23 bits per heavy atom. The van der Waals surface area contributed by atoms with E-state index in [1.54, 1.807) is 6.20 Å². The first-order valence-electron chi connectivity index (χ1n) is 7.65. The number of nitrogens with zero attached hydrogens (tertiary/aromatic N) is 4. The molecule has 9 heteroatoms. The van der Waals surface area contributed by atoms with Crippen LogP contribution in [0.15, 0.2) is 61.2 Å². The Morgan fingerprint density at radius 2 is 2.08 bits per heavy atom. The zero-order valence-electron chi connectivity index (χ0n) is 13.3. The molecule has 9 nitrogen and oxygen atoms in total. The third kappa shape index (κ3) is 2.77. The molecule has 0 unspecified atom stereocenters. The summed E-state index contributed by atoms with van der Waals surface area (Å²) in [5, 5.41) is 14.0. The molecular formula is C17H12N6O3. The molecule has 0 fully saturated rings. The highest BCUT2D eigenvalue weighted by Gasteiger charge is 2.19. The lowest BCUT2D eigenvalue weighted by Crippen LogP contribution is -2.13. The molecule has 0 atom stereocenters. The van der Waals surface area contributed by atoms with E-state index < -0.39 is 10.8 Å². The fraction of sp³-hybridized carbons (Fsp3) is 0. The molecule has 0 radical (unpaired) electrons. The van der Waals surface area contributed by atoms with E-state index in [-0.39, 0.29) is 17.2 Å². The van der Waals surface area contributed by atoms with Crippen molar-refractivity contribution in [3.8, 4) is 5.69 Å². The molecule has 0 saturated carbocycles. The molecule has 4 aromatic rings. The molecule has 2 aromatic heterocycles. The van der Waals surface area contributed by atoms with Gasteiger partial charge in [-0.3, -0.25) is 20.2 Å². The highest BCUT2D eigenvalue weighted by Crippen LogP contribution is 2.24. The number of aromatic nitrogens is 4. The number of aromatic amines is 1. The van der Waals surface area contributed by atoms with Crippen molar-refractivity contribution in [3.63, 3.8) is 0 Å². The van der Waals surface area contributed by atoms with E-state index in [2.05, 4.69) is 20.3 Å². The standard InChI is InChI=1S/C17H12N6O3/c24-16(21-17-19-12-3-1-2-4-13(12)20-17)11-5-6-14(15(9-11)23(25)26)22-8-7-18-10-22/h1-10H,(H2,19,20,21,24). The lowest BCUT2D eigenvalue weighted by atomic mass is 10.1. The summed E-state index contributed by atoms with van der Waals surface area (Å²) in [6.07, 6.45) is 4.57. The number of nitro benzene ring substituents is 1. The quantitative estimate of drug-likeness (QED) is 0.434. The van der Waals surface area contributed by atoms with Crippen molar-refractivity contribution in [1.29, 1.82) is 0 Å². The highest BCUT2D eigenvalue weighted by atomic mass is 16.6. The van der Waals surface area contributed by atoms with E-state index in [0.717, 1.165) is 5.52 Å². The smallest absolute Gasteiger partial charge is 0.294 e. The molecule has 0 aliphatic carbocycles. The first-order chi connectivity index (χ1) is 12.6. The lowest BCUT2D eigenvalue weighted by Gasteiger charge is -2.06. The van der Waals surface area contributed by atoms with Gasteiger partial charge in [-0.1, -0.05) is 12.1 Å². The van der Waals surface area contributed by atoms with Crippen LogP contribution in [0.2, 0.25) is 0 Å². The molecule has 0 aliphatic heterocycles. The zero-order valence-corrected chi connectivity index (χ0v) is 13.3. The van der Waals surface area contributed by atoms with Crippen LogP contribution in [0.25, 0.3) is 16.7 Å². The Balaban J connectivity index is 1.65. The van der Waals surface area contributed by atoms with Crippen LogP contribution >= 0.6 is 0 Å². The minimum Gasteiger partial charge on any atom is -0.324 e. The summed E-state index contributed by atoms with van der Waals surface area (Å²) in [4.78, 5) is 34.4.